The van der Waals surface area contributed by atoms with E-state index in [9.17, 15) is 0 Å². The normalized spacial score (nSPS) is 33.5. The number of piperazine rings is 1. The molecule has 0 aromatic heterocycles. The molecule has 3 rings (SSSR count). The highest BCUT2D eigenvalue weighted by atomic mass is 15.3. The molecule has 0 aromatic rings. The Morgan fingerprint density at radius 2 is 1.78 bits per heavy atom. The van der Waals surface area contributed by atoms with Crippen LogP contribution >= 0.6 is 0 Å². The average Bonchev–Trinajstić information content (AvgIpc) is 2.88. The second kappa shape index (κ2) is 5.92. The van der Waals surface area contributed by atoms with Gasteiger partial charge in [-0.2, -0.15) is 0 Å². The lowest BCUT2D eigenvalue weighted by molar-refractivity contribution is 0.0379. The van der Waals surface area contributed by atoms with Gasteiger partial charge >= 0.3 is 0 Å². The summed E-state index contributed by atoms with van der Waals surface area (Å²) in [5, 5.41) is 0. The minimum Gasteiger partial charge on any atom is -0.298 e. The van der Waals surface area contributed by atoms with Crippen LogP contribution in [0, 0.1) is 5.92 Å². The number of hydrogen-bond acceptors (Lipinski definition) is 2. The Kier molecular flexibility index (Phi) is 4.25. The van der Waals surface area contributed by atoms with Crippen LogP contribution in [0.1, 0.15) is 58.3 Å². The molecule has 2 nitrogen and oxygen atoms in total. The summed E-state index contributed by atoms with van der Waals surface area (Å²) in [6.45, 7) is 7.84. The van der Waals surface area contributed by atoms with E-state index < -0.39 is 0 Å². The van der Waals surface area contributed by atoms with Crippen molar-refractivity contribution in [2.75, 3.05) is 26.2 Å². The maximum atomic E-state index is 2.86. The van der Waals surface area contributed by atoms with Gasteiger partial charge in [0.1, 0.15) is 0 Å². The highest BCUT2D eigenvalue weighted by molar-refractivity contribution is 4.91. The molecular formula is C16H30N2. The van der Waals surface area contributed by atoms with Gasteiger partial charge in [0.25, 0.3) is 0 Å². The number of rotatable bonds is 3. The lowest BCUT2D eigenvalue weighted by atomic mass is 9.82. The summed E-state index contributed by atoms with van der Waals surface area (Å²) < 4.78 is 0. The van der Waals surface area contributed by atoms with Gasteiger partial charge in [-0.15, -0.1) is 0 Å². The summed E-state index contributed by atoms with van der Waals surface area (Å²) in [4.78, 5) is 5.60. The van der Waals surface area contributed by atoms with E-state index in [4.69, 9.17) is 0 Å². The number of hydrogen-bond donors (Lipinski definition) is 0. The van der Waals surface area contributed by atoms with E-state index in [1.807, 2.05) is 0 Å². The predicted octanol–water partition coefficient (Wildman–Crippen LogP) is 3.13. The molecule has 0 bridgehead atoms. The smallest absolute Gasteiger partial charge is 0.0224 e. The molecule has 0 radical (unpaired) electrons. The summed E-state index contributed by atoms with van der Waals surface area (Å²) in [7, 11) is 0. The van der Waals surface area contributed by atoms with Crippen LogP contribution in [0.2, 0.25) is 0 Å². The Morgan fingerprint density at radius 3 is 2.56 bits per heavy atom. The third-order valence-corrected chi connectivity index (χ3v) is 5.70. The topological polar surface area (TPSA) is 6.48 Å². The molecule has 3 fully saturated rings. The molecule has 0 spiro atoms. The highest BCUT2D eigenvalue weighted by Crippen LogP contribution is 2.32. The van der Waals surface area contributed by atoms with Crippen LogP contribution in [0.5, 0.6) is 0 Å². The lowest BCUT2D eigenvalue weighted by Gasteiger charge is -2.45. The van der Waals surface area contributed by atoms with Gasteiger partial charge in [-0.3, -0.25) is 9.80 Å². The van der Waals surface area contributed by atoms with E-state index in [1.165, 1.54) is 77.5 Å². The zero-order chi connectivity index (χ0) is 12.4. The van der Waals surface area contributed by atoms with Crippen molar-refractivity contribution in [3.8, 4) is 0 Å². The van der Waals surface area contributed by atoms with Crippen LogP contribution in [-0.4, -0.2) is 48.1 Å². The van der Waals surface area contributed by atoms with E-state index in [-0.39, 0.29) is 0 Å². The van der Waals surface area contributed by atoms with Gasteiger partial charge in [0.2, 0.25) is 0 Å². The molecule has 0 amide bonds. The summed E-state index contributed by atoms with van der Waals surface area (Å²) in [5.74, 6) is 1.01. The van der Waals surface area contributed by atoms with Crippen molar-refractivity contribution in [3.05, 3.63) is 0 Å². The second-order valence-electron chi connectivity index (χ2n) is 6.70. The predicted molar refractivity (Wildman–Crippen MR) is 76.8 cm³/mol. The summed E-state index contributed by atoms with van der Waals surface area (Å²) in [6.07, 6.45) is 11.7. The SMILES string of the molecule is CCC(C1CCCCC1)N1CCN2CCCC2C1. The molecular weight excluding hydrogens is 220 g/mol. The zero-order valence-corrected chi connectivity index (χ0v) is 12.1. The molecule has 2 heteroatoms. The van der Waals surface area contributed by atoms with E-state index in [0.29, 0.717) is 0 Å². The Bertz CT molecular complexity index is 260. The number of fused-ring (bicyclic) bond motifs is 1. The summed E-state index contributed by atoms with van der Waals surface area (Å²) in [5.41, 5.74) is 0. The molecule has 2 saturated heterocycles. The third kappa shape index (κ3) is 2.60. The molecule has 1 saturated carbocycles. The fourth-order valence-corrected chi connectivity index (χ4v) is 4.72. The van der Waals surface area contributed by atoms with Crippen LogP contribution in [-0.2, 0) is 0 Å². The molecule has 2 heterocycles. The first-order valence-corrected chi connectivity index (χ1v) is 8.36. The molecule has 2 unspecified atom stereocenters. The lowest BCUT2D eigenvalue weighted by Crippen LogP contribution is -2.55. The molecule has 0 N–H and O–H groups in total. The summed E-state index contributed by atoms with van der Waals surface area (Å²) in [6, 6.07) is 1.80. The fourth-order valence-electron chi connectivity index (χ4n) is 4.72. The Hall–Kier alpha value is -0.0800. The first-order chi connectivity index (χ1) is 8.88. The molecule has 3 aliphatic rings. The van der Waals surface area contributed by atoms with E-state index >= 15 is 0 Å². The van der Waals surface area contributed by atoms with Crippen molar-refractivity contribution in [2.24, 2.45) is 5.92 Å². The van der Waals surface area contributed by atoms with Gasteiger partial charge in [0, 0.05) is 31.7 Å². The van der Waals surface area contributed by atoms with Gasteiger partial charge in [-0.1, -0.05) is 26.2 Å². The van der Waals surface area contributed by atoms with Gasteiger partial charge in [0.15, 0.2) is 0 Å². The average molecular weight is 250 g/mol. The van der Waals surface area contributed by atoms with E-state index in [0.717, 1.165) is 18.0 Å². The first kappa shape index (κ1) is 12.9. The van der Waals surface area contributed by atoms with Crippen molar-refractivity contribution in [2.45, 2.75) is 70.4 Å². The Labute approximate surface area is 113 Å². The second-order valence-corrected chi connectivity index (χ2v) is 6.70. The minimum atomic E-state index is 0.896. The largest absolute Gasteiger partial charge is 0.298 e. The summed E-state index contributed by atoms with van der Waals surface area (Å²) >= 11 is 0. The van der Waals surface area contributed by atoms with Crippen molar-refractivity contribution in [1.82, 2.24) is 9.80 Å². The van der Waals surface area contributed by atoms with Gasteiger partial charge in [-0.25, -0.2) is 0 Å². The zero-order valence-electron chi connectivity index (χ0n) is 12.1. The Balaban J connectivity index is 1.60. The van der Waals surface area contributed by atoms with E-state index in [2.05, 4.69) is 16.7 Å². The highest BCUT2D eigenvalue weighted by Gasteiger charge is 2.35. The molecule has 1 aliphatic carbocycles. The number of nitrogens with zero attached hydrogens (tertiary/aromatic N) is 2. The Morgan fingerprint density at radius 1 is 0.944 bits per heavy atom. The molecule has 0 aromatic carbocycles. The van der Waals surface area contributed by atoms with Gasteiger partial charge in [0.05, 0.1) is 0 Å². The van der Waals surface area contributed by atoms with Crippen LogP contribution in [0.15, 0.2) is 0 Å². The van der Waals surface area contributed by atoms with Crippen LogP contribution < -0.4 is 0 Å². The monoisotopic (exact) mass is 250 g/mol. The van der Waals surface area contributed by atoms with Crippen molar-refractivity contribution < 1.29 is 0 Å². The van der Waals surface area contributed by atoms with Crippen LogP contribution in [0.4, 0.5) is 0 Å². The van der Waals surface area contributed by atoms with Gasteiger partial charge < -0.3 is 0 Å². The fraction of sp³-hybridized carbons (Fsp3) is 1.00. The van der Waals surface area contributed by atoms with Crippen molar-refractivity contribution >= 4 is 0 Å². The first-order valence-electron chi connectivity index (χ1n) is 8.36. The maximum absolute atomic E-state index is 2.86. The van der Waals surface area contributed by atoms with Crippen LogP contribution in [0.3, 0.4) is 0 Å². The van der Waals surface area contributed by atoms with Crippen molar-refractivity contribution in [1.29, 1.82) is 0 Å². The van der Waals surface area contributed by atoms with Crippen LogP contribution in [0.25, 0.3) is 0 Å². The quantitative estimate of drug-likeness (QED) is 0.759. The van der Waals surface area contributed by atoms with Crippen molar-refractivity contribution in [3.63, 3.8) is 0 Å². The van der Waals surface area contributed by atoms with Gasteiger partial charge in [-0.05, 0) is 44.6 Å². The minimum absolute atomic E-state index is 0.896. The third-order valence-electron chi connectivity index (χ3n) is 5.70. The maximum Gasteiger partial charge on any atom is 0.0224 e. The van der Waals surface area contributed by atoms with E-state index in [1.54, 1.807) is 0 Å². The molecule has 2 aliphatic heterocycles. The molecule has 2 atom stereocenters. The standard InChI is InChI=1S/C16H30N2/c1-2-16(14-7-4-3-5-8-14)18-12-11-17-10-6-9-15(17)13-18/h14-16H,2-13H2,1H3. The molecule has 18 heavy (non-hydrogen) atoms. The molecule has 104 valence electrons.